The molecule has 4 nitrogen and oxygen atoms in total. The maximum absolute atomic E-state index is 12.2. The van der Waals surface area contributed by atoms with Gasteiger partial charge in [0.2, 0.25) is 5.91 Å². The minimum absolute atomic E-state index is 0.107. The SMILES string of the molecule is CC(C)(C)OC(=O)[C@H]1NC(=O)C[C@@H]1c1ccccc1. The summed E-state index contributed by atoms with van der Waals surface area (Å²) < 4.78 is 5.37. The summed E-state index contributed by atoms with van der Waals surface area (Å²) in [6, 6.07) is 9.00. The molecule has 102 valence electrons. The molecule has 2 rings (SSSR count). The smallest absolute Gasteiger partial charge is 0.329 e. The summed E-state index contributed by atoms with van der Waals surface area (Å²) in [6.07, 6.45) is 0.327. The quantitative estimate of drug-likeness (QED) is 0.828. The Balaban J connectivity index is 2.19. The zero-order valence-corrected chi connectivity index (χ0v) is 11.5. The van der Waals surface area contributed by atoms with Crippen molar-refractivity contribution in [1.29, 1.82) is 0 Å². The lowest BCUT2D eigenvalue weighted by molar-refractivity contribution is -0.157. The number of ether oxygens (including phenoxy) is 1. The van der Waals surface area contributed by atoms with Crippen molar-refractivity contribution in [2.45, 2.75) is 44.8 Å². The largest absolute Gasteiger partial charge is 0.458 e. The van der Waals surface area contributed by atoms with E-state index in [0.717, 1.165) is 5.56 Å². The van der Waals surface area contributed by atoms with Crippen LogP contribution in [-0.2, 0) is 14.3 Å². The molecular formula is C15H19NO3. The molecule has 2 atom stereocenters. The van der Waals surface area contributed by atoms with E-state index in [9.17, 15) is 9.59 Å². The molecule has 1 saturated heterocycles. The number of hydrogen-bond acceptors (Lipinski definition) is 3. The minimum atomic E-state index is -0.589. The summed E-state index contributed by atoms with van der Waals surface area (Å²) in [5, 5.41) is 2.71. The summed E-state index contributed by atoms with van der Waals surface area (Å²) in [5.41, 5.74) is 0.433. The molecule has 0 unspecified atom stereocenters. The maximum Gasteiger partial charge on any atom is 0.329 e. The Labute approximate surface area is 113 Å². The molecule has 1 aromatic carbocycles. The topological polar surface area (TPSA) is 55.4 Å². The molecule has 0 spiro atoms. The number of hydrogen-bond donors (Lipinski definition) is 1. The fourth-order valence-corrected chi connectivity index (χ4v) is 2.25. The molecule has 0 saturated carbocycles. The molecule has 1 N–H and O–H groups in total. The first-order valence-corrected chi connectivity index (χ1v) is 6.44. The highest BCUT2D eigenvalue weighted by atomic mass is 16.6. The number of amides is 1. The second-order valence-corrected chi connectivity index (χ2v) is 5.80. The van der Waals surface area contributed by atoms with E-state index in [4.69, 9.17) is 4.74 Å². The van der Waals surface area contributed by atoms with Crippen LogP contribution < -0.4 is 5.32 Å². The summed E-state index contributed by atoms with van der Waals surface area (Å²) in [7, 11) is 0. The first kappa shape index (κ1) is 13.6. The van der Waals surface area contributed by atoms with E-state index >= 15 is 0 Å². The molecule has 1 heterocycles. The summed E-state index contributed by atoms with van der Waals surface area (Å²) >= 11 is 0. The van der Waals surface area contributed by atoms with Gasteiger partial charge in [-0.15, -0.1) is 0 Å². The third-order valence-corrected chi connectivity index (χ3v) is 3.01. The van der Waals surface area contributed by atoms with Crippen molar-refractivity contribution < 1.29 is 14.3 Å². The van der Waals surface area contributed by atoms with Crippen LogP contribution in [0.25, 0.3) is 0 Å². The van der Waals surface area contributed by atoms with E-state index in [1.54, 1.807) is 0 Å². The summed E-state index contributed by atoms with van der Waals surface area (Å²) in [4.78, 5) is 23.7. The highest BCUT2D eigenvalue weighted by Crippen LogP contribution is 2.29. The van der Waals surface area contributed by atoms with Crippen molar-refractivity contribution in [3.8, 4) is 0 Å². The van der Waals surface area contributed by atoms with Gasteiger partial charge in [-0.1, -0.05) is 30.3 Å². The lowest BCUT2D eigenvalue weighted by Crippen LogP contribution is -2.41. The van der Waals surface area contributed by atoms with Crippen molar-refractivity contribution in [3.05, 3.63) is 35.9 Å². The van der Waals surface area contributed by atoms with Crippen LogP contribution >= 0.6 is 0 Å². The van der Waals surface area contributed by atoms with Gasteiger partial charge < -0.3 is 10.1 Å². The Hall–Kier alpha value is -1.84. The van der Waals surface area contributed by atoms with Crippen molar-refractivity contribution in [2.75, 3.05) is 0 Å². The Morgan fingerprint density at radius 2 is 1.89 bits per heavy atom. The van der Waals surface area contributed by atoms with Crippen LogP contribution in [0.2, 0.25) is 0 Å². The van der Waals surface area contributed by atoms with E-state index in [2.05, 4.69) is 5.32 Å². The maximum atomic E-state index is 12.2. The molecule has 4 heteroatoms. The highest BCUT2D eigenvalue weighted by molar-refractivity contribution is 5.90. The van der Waals surface area contributed by atoms with Crippen LogP contribution in [-0.4, -0.2) is 23.5 Å². The number of benzene rings is 1. The van der Waals surface area contributed by atoms with Gasteiger partial charge in [0, 0.05) is 12.3 Å². The van der Waals surface area contributed by atoms with Gasteiger partial charge in [0.1, 0.15) is 11.6 Å². The van der Waals surface area contributed by atoms with Gasteiger partial charge in [-0.3, -0.25) is 4.79 Å². The van der Waals surface area contributed by atoms with Gasteiger partial charge >= 0.3 is 5.97 Å². The monoisotopic (exact) mass is 261 g/mol. The van der Waals surface area contributed by atoms with Crippen molar-refractivity contribution in [2.24, 2.45) is 0 Å². The van der Waals surface area contributed by atoms with Gasteiger partial charge in [0.25, 0.3) is 0 Å². The van der Waals surface area contributed by atoms with Gasteiger partial charge in [0.15, 0.2) is 0 Å². The van der Waals surface area contributed by atoms with E-state index in [1.165, 1.54) is 0 Å². The zero-order valence-electron chi connectivity index (χ0n) is 11.5. The van der Waals surface area contributed by atoms with E-state index in [0.29, 0.717) is 6.42 Å². The number of carbonyl (C=O) groups excluding carboxylic acids is 2. The molecule has 1 aliphatic heterocycles. The number of nitrogens with one attached hydrogen (secondary N) is 1. The zero-order chi connectivity index (χ0) is 14.0. The first-order chi connectivity index (χ1) is 8.87. The van der Waals surface area contributed by atoms with Crippen LogP contribution in [0.4, 0.5) is 0 Å². The second-order valence-electron chi connectivity index (χ2n) is 5.80. The van der Waals surface area contributed by atoms with Crippen LogP contribution in [0, 0.1) is 0 Å². The Morgan fingerprint density at radius 1 is 1.26 bits per heavy atom. The average Bonchev–Trinajstić information content (AvgIpc) is 2.70. The molecule has 1 amide bonds. The van der Waals surface area contributed by atoms with E-state index in [-0.39, 0.29) is 17.8 Å². The lowest BCUT2D eigenvalue weighted by atomic mass is 9.92. The minimum Gasteiger partial charge on any atom is -0.458 e. The fourth-order valence-electron chi connectivity index (χ4n) is 2.25. The number of rotatable bonds is 2. The van der Waals surface area contributed by atoms with Gasteiger partial charge in [-0.25, -0.2) is 4.79 Å². The van der Waals surface area contributed by atoms with Gasteiger partial charge in [-0.2, -0.15) is 0 Å². The molecule has 1 fully saturated rings. The average molecular weight is 261 g/mol. The molecule has 1 aliphatic rings. The standard InChI is InChI=1S/C15H19NO3/c1-15(2,3)19-14(18)13-11(9-12(17)16-13)10-7-5-4-6-8-10/h4-8,11,13H,9H2,1-3H3,(H,16,17)/t11-,13+/m1/s1. The number of esters is 1. The van der Waals surface area contributed by atoms with Crippen molar-refractivity contribution in [3.63, 3.8) is 0 Å². The number of carbonyl (C=O) groups is 2. The Kier molecular flexibility index (Phi) is 3.60. The molecule has 0 bridgehead atoms. The highest BCUT2D eigenvalue weighted by Gasteiger charge is 2.40. The van der Waals surface area contributed by atoms with Gasteiger partial charge in [0.05, 0.1) is 0 Å². The van der Waals surface area contributed by atoms with E-state index in [1.807, 2.05) is 51.1 Å². The summed E-state index contributed by atoms with van der Waals surface area (Å²) in [5.74, 6) is -0.625. The van der Waals surface area contributed by atoms with Crippen molar-refractivity contribution in [1.82, 2.24) is 5.32 Å². The summed E-state index contributed by atoms with van der Waals surface area (Å²) in [6.45, 7) is 5.46. The molecule has 1 aromatic rings. The van der Waals surface area contributed by atoms with Crippen LogP contribution in [0.1, 0.15) is 38.7 Å². The predicted octanol–water partition coefficient (Wildman–Crippen LogP) is 2.00. The molecule has 0 aliphatic carbocycles. The Bertz CT molecular complexity index is 476. The normalized spacial score (nSPS) is 23.0. The van der Waals surface area contributed by atoms with Crippen LogP contribution in [0.15, 0.2) is 30.3 Å². The van der Waals surface area contributed by atoms with Crippen LogP contribution in [0.5, 0.6) is 0 Å². The van der Waals surface area contributed by atoms with E-state index < -0.39 is 11.6 Å². The Morgan fingerprint density at radius 3 is 2.47 bits per heavy atom. The third kappa shape index (κ3) is 3.34. The fraction of sp³-hybridized carbons (Fsp3) is 0.467. The molecular weight excluding hydrogens is 242 g/mol. The first-order valence-electron chi connectivity index (χ1n) is 6.44. The predicted molar refractivity (Wildman–Crippen MR) is 71.6 cm³/mol. The van der Waals surface area contributed by atoms with Crippen LogP contribution in [0.3, 0.4) is 0 Å². The second kappa shape index (κ2) is 5.03. The molecule has 19 heavy (non-hydrogen) atoms. The lowest BCUT2D eigenvalue weighted by Gasteiger charge is -2.24. The van der Waals surface area contributed by atoms with Crippen molar-refractivity contribution >= 4 is 11.9 Å². The molecule has 0 radical (unpaired) electrons. The molecule has 0 aromatic heterocycles. The third-order valence-electron chi connectivity index (χ3n) is 3.01. The van der Waals surface area contributed by atoms with Gasteiger partial charge in [-0.05, 0) is 26.3 Å².